The van der Waals surface area contributed by atoms with Crippen LogP contribution in [-0.2, 0) is 13.1 Å². The number of nitrogens with zero attached hydrogens (tertiary/aromatic N) is 2. The number of benzene rings is 1. The second-order valence-corrected chi connectivity index (χ2v) is 4.70. The summed E-state index contributed by atoms with van der Waals surface area (Å²) in [7, 11) is 0. The molecule has 0 atom stereocenters. The Morgan fingerprint density at radius 3 is 2.65 bits per heavy atom. The number of para-hydroxylation sites is 2. The molecular formula is C15H23N2+. The van der Waals surface area contributed by atoms with E-state index in [1.54, 1.807) is 0 Å². The van der Waals surface area contributed by atoms with Crippen LogP contribution in [0.1, 0.15) is 39.5 Å². The van der Waals surface area contributed by atoms with Gasteiger partial charge in [-0.3, -0.25) is 0 Å². The van der Waals surface area contributed by atoms with Crippen molar-refractivity contribution in [2.45, 2.75) is 52.6 Å². The molecule has 0 unspecified atom stereocenters. The van der Waals surface area contributed by atoms with Gasteiger partial charge in [-0.05, 0) is 31.4 Å². The third-order valence-electron chi connectivity index (χ3n) is 3.25. The van der Waals surface area contributed by atoms with Gasteiger partial charge in [0.15, 0.2) is 11.0 Å². The third kappa shape index (κ3) is 2.68. The first-order valence-corrected chi connectivity index (χ1v) is 6.84. The van der Waals surface area contributed by atoms with Gasteiger partial charge in [0.1, 0.15) is 0 Å². The van der Waals surface area contributed by atoms with Gasteiger partial charge in [-0.1, -0.05) is 32.4 Å². The number of imidazole rings is 1. The second-order valence-electron chi connectivity index (χ2n) is 4.70. The fourth-order valence-corrected chi connectivity index (χ4v) is 2.37. The van der Waals surface area contributed by atoms with Crippen LogP contribution in [0.4, 0.5) is 0 Å². The Labute approximate surface area is 104 Å². The highest BCUT2D eigenvalue weighted by Gasteiger charge is 2.13. The average molecular weight is 231 g/mol. The van der Waals surface area contributed by atoms with Crippen LogP contribution in [0.15, 0.2) is 30.6 Å². The molecule has 92 valence electrons. The van der Waals surface area contributed by atoms with Crippen LogP contribution in [0.5, 0.6) is 0 Å². The molecule has 0 spiro atoms. The van der Waals surface area contributed by atoms with Gasteiger partial charge in [0.25, 0.3) is 0 Å². The molecule has 0 radical (unpaired) electrons. The molecule has 0 fully saturated rings. The zero-order valence-corrected chi connectivity index (χ0v) is 11.0. The summed E-state index contributed by atoms with van der Waals surface area (Å²) in [6.45, 7) is 6.74. The van der Waals surface area contributed by atoms with Gasteiger partial charge < -0.3 is 0 Å². The summed E-state index contributed by atoms with van der Waals surface area (Å²) >= 11 is 0. The maximum absolute atomic E-state index is 2.40. The summed E-state index contributed by atoms with van der Waals surface area (Å²) in [6, 6.07) is 8.72. The lowest BCUT2D eigenvalue weighted by molar-refractivity contribution is -0.672. The Morgan fingerprint density at radius 1 is 1.06 bits per heavy atom. The molecule has 2 rings (SSSR count). The number of hydrogen-bond acceptors (Lipinski definition) is 0. The largest absolute Gasteiger partial charge is 0.244 e. The minimum Gasteiger partial charge on any atom is -0.230 e. The predicted octanol–water partition coefficient (Wildman–Crippen LogP) is 3.53. The molecule has 0 aliphatic rings. The van der Waals surface area contributed by atoms with Crippen LogP contribution in [-0.4, -0.2) is 4.57 Å². The Kier molecular flexibility index (Phi) is 4.18. The van der Waals surface area contributed by atoms with Gasteiger partial charge in [0.05, 0.1) is 13.1 Å². The summed E-state index contributed by atoms with van der Waals surface area (Å²) in [5.41, 5.74) is 2.74. The zero-order chi connectivity index (χ0) is 12.1. The fourth-order valence-electron chi connectivity index (χ4n) is 2.37. The highest BCUT2D eigenvalue weighted by molar-refractivity contribution is 5.71. The minimum absolute atomic E-state index is 1.11. The van der Waals surface area contributed by atoms with E-state index in [1.807, 2.05) is 0 Å². The molecule has 1 aromatic heterocycles. The third-order valence-corrected chi connectivity index (χ3v) is 3.25. The topological polar surface area (TPSA) is 8.81 Å². The maximum Gasteiger partial charge on any atom is 0.244 e. The van der Waals surface area contributed by atoms with Crippen molar-refractivity contribution in [2.24, 2.45) is 0 Å². The van der Waals surface area contributed by atoms with Gasteiger partial charge in [-0.15, -0.1) is 0 Å². The summed E-state index contributed by atoms with van der Waals surface area (Å²) in [5.74, 6) is 0. The number of hydrogen-bond donors (Lipinski definition) is 0. The van der Waals surface area contributed by atoms with Crippen LogP contribution in [0.3, 0.4) is 0 Å². The van der Waals surface area contributed by atoms with Crippen molar-refractivity contribution in [3.05, 3.63) is 30.6 Å². The standard InChI is InChI=1S/C15H23N2/c1-3-5-8-12-17-13-16(11-4-2)14-9-6-7-10-15(14)17/h6-7,9-10,13H,3-5,8,11-12H2,1-2H3/q+1. The lowest BCUT2D eigenvalue weighted by Gasteiger charge is -1.96. The van der Waals surface area contributed by atoms with Gasteiger partial charge in [0.2, 0.25) is 6.33 Å². The van der Waals surface area contributed by atoms with Crippen LogP contribution in [0.25, 0.3) is 11.0 Å². The second kappa shape index (κ2) is 5.85. The molecule has 0 bridgehead atoms. The number of aromatic nitrogens is 2. The van der Waals surface area contributed by atoms with E-state index in [-0.39, 0.29) is 0 Å². The van der Waals surface area contributed by atoms with Crippen molar-refractivity contribution >= 4 is 11.0 Å². The number of rotatable bonds is 6. The zero-order valence-electron chi connectivity index (χ0n) is 11.0. The summed E-state index contributed by atoms with van der Waals surface area (Å²) in [5, 5.41) is 0. The molecule has 0 saturated heterocycles. The first-order valence-electron chi connectivity index (χ1n) is 6.84. The van der Waals surface area contributed by atoms with Crippen molar-refractivity contribution in [2.75, 3.05) is 0 Å². The normalized spacial score (nSPS) is 11.2. The average Bonchev–Trinajstić information content (AvgIpc) is 2.70. The van der Waals surface area contributed by atoms with E-state index >= 15 is 0 Å². The maximum atomic E-state index is 2.40. The molecule has 0 amide bonds. The summed E-state index contributed by atoms with van der Waals surface area (Å²) in [6.07, 6.45) is 7.35. The Bertz CT molecular complexity index is 471. The summed E-state index contributed by atoms with van der Waals surface area (Å²) in [4.78, 5) is 0. The lowest BCUT2D eigenvalue weighted by Crippen LogP contribution is -2.31. The van der Waals surface area contributed by atoms with E-state index in [0.717, 1.165) is 13.1 Å². The predicted molar refractivity (Wildman–Crippen MR) is 71.9 cm³/mol. The van der Waals surface area contributed by atoms with Gasteiger partial charge in [-0.2, -0.15) is 0 Å². The van der Waals surface area contributed by atoms with Crippen molar-refractivity contribution in [3.63, 3.8) is 0 Å². The molecule has 2 aromatic rings. The smallest absolute Gasteiger partial charge is 0.230 e. The Hall–Kier alpha value is -1.31. The molecule has 2 nitrogen and oxygen atoms in total. The molecular weight excluding hydrogens is 208 g/mol. The first-order chi connectivity index (χ1) is 8.36. The van der Waals surface area contributed by atoms with Crippen LogP contribution in [0, 0.1) is 0 Å². The van der Waals surface area contributed by atoms with Crippen LogP contribution in [0.2, 0.25) is 0 Å². The molecule has 1 aromatic carbocycles. The molecule has 0 aliphatic carbocycles. The first kappa shape index (κ1) is 12.2. The molecule has 2 heteroatoms. The molecule has 1 heterocycles. The van der Waals surface area contributed by atoms with E-state index in [9.17, 15) is 0 Å². The highest BCUT2D eigenvalue weighted by atomic mass is 15.1. The molecule has 0 N–H and O–H groups in total. The molecule has 17 heavy (non-hydrogen) atoms. The monoisotopic (exact) mass is 231 g/mol. The van der Waals surface area contributed by atoms with Crippen molar-refractivity contribution < 1.29 is 4.57 Å². The van der Waals surface area contributed by atoms with E-state index in [0.29, 0.717) is 0 Å². The van der Waals surface area contributed by atoms with Crippen molar-refractivity contribution in [1.82, 2.24) is 4.57 Å². The lowest BCUT2D eigenvalue weighted by atomic mass is 10.2. The number of unbranched alkanes of at least 4 members (excludes halogenated alkanes) is 2. The highest BCUT2D eigenvalue weighted by Crippen LogP contribution is 2.12. The number of aryl methyl sites for hydroxylation is 2. The van der Waals surface area contributed by atoms with E-state index in [4.69, 9.17) is 0 Å². The molecule has 0 aliphatic heterocycles. The fraction of sp³-hybridized carbons (Fsp3) is 0.533. The number of fused-ring (bicyclic) bond motifs is 1. The van der Waals surface area contributed by atoms with Gasteiger partial charge in [0, 0.05) is 0 Å². The van der Waals surface area contributed by atoms with Gasteiger partial charge in [-0.25, -0.2) is 9.13 Å². The quantitative estimate of drug-likeness (QED) is 0.531. The van der Waals surface area contributed by atoms with Crippen molar-refractivity contribution in [1.29, 1.82) is 0 Å². The van der Waals surface area contributed by atoms with Crippen molar-refractivity contribution in [3.8, 4) is 0 Å². The minimum atomic E-state index is 1.11. The van der Waals surface area contributed by atoms with E-state index in [2.05, 4.69) is 53.6 Å². The SMILES string of the molecule is CCCCCn1c[n+](CCC)c2ccccc21. The van der Waals surface area contributed by atoms with Gasteiger partial charge >= 0.3 is 0 Å². The van der Waals surface area contributed by atoms with E-state index < -0.39 is 0 Å². The van der Waals surface area contributed by atoms with Crippen LogP contribution >= 0.6 is 0 Å². The molecule has 0 saturated carbocycles. The Balaban J connectivity index is 2.28. The Morgan fingerprint density at radius 2 is 1.88 bits per heavy atom. The van der Waals surface area contributed by atoms with E-state index in [1.165, 1.54) is 36.7 Å². The van der Waals surface area contributed by atoms with Crippen LogP contribution < -0.4 is 4.57 Å². The summed E-state index contributed by atoms with van der Waals surface area (Å²) < 4.78 is 4.78.